The molecule has 2 aromatic carbocycles. The zero-order chi connectivity index (χ0) is 17.1. The Balaban J connectivity index is 1.84. The first-order chi connectivity index (χ1) is 11.5. The second-order valence-corrected chi connectivity index (χ2v) is 5.93. The maximum absolute atomic E-state index is 6.11. The minimum absolute atomic E-state index is 0.267. The molecule has 0 saturated carbocycles. The fourth-order valence-electron chi connectivity index (χ4n) is 2.02. The van der Waals surface area contributed by atoms with Crippen molar-refractivity contribution in [1.29, 1.82) is 0 Å². The fraction of sp³-hybridized carbons (Fsp3) is 0.0588. The molecule has 3 aromatic rings. The average Bonchev–Trinajstić information content (AvgIpc) is 2.57. The van der Waals surface area contributed by atoms with Crippen molar-refractivity contribution >= 4 is 40.4 Å². The molecule has 24 heavy (non-hydrogen) atoms. The molecule has 0 fully saturated rings. The quantitative estimate of drug-likeness (QED) is 0.667. The van der Waals surface area contributed by atoms with Crippen LogP contribution in [0.1, 0.15) is 5.56 Å². The maximum atomic E-state index is 6.11. The van der Waals surface area contributed by atoms with Crippen LogP contribution in [0.3, 0.4) is 0 Å². The van der Waals surface area contributed by atoms with Crippen LogP contribution in [0.4, 0.5) is 17.2 Å². The first kappa shape index (κ1) is 16.4. The van der Waals surface area contributed by atoms with Crippen molar-refractivity contribution in [1.82, 2.24) is 9.97 Å². The van der Waals surface area contributed by atoms with Crippen LogP contribution in [0.2, 0.25) is 10.0 Å². The molecule has 0 aliphatic rings. The molecule has 3 N–H and O–H groups in total. The van der Waals surface area contributed by atoms with Gasteiger partial charge in [-0.25, -0.2) is 4.98 Å². The van der Waals surface area contributed by atoms with E-state index in [4.69, 9.17) is 33.7 Å². The Morgan fingerprint density at radius 3 is 2.50 bits per heavy atom. The van der Waals surface area contributed by atoms with Crippen molar-refractivity contribution < 1.29 is 4.74 Å². The SMILES string of the molecule is Cc1cc(Oc2ncnc(Nc3ccc(Cl)cc3)c2N)ccc1Cl. The van der Waals surface area contributed by atoms with E-state index in [9.17, 15) is 0 Å². The van der Waals surface area contributed by atoms with E-state index < -0.39 is 0 Å². The molecule has 3 rings (SSSR count). The van der Waals surface area contributed by atoms with Gasteiger partial charge in [-0.05, 0) is 55.0 Å². The summed E-state index contributed by atoms with van der Waals surface area (Å²) in [6.45, 7) is 1.89. The maximum Gasteiger partial charge on any atom is 0.248 e. The number of nitrogens with one attached hydrogen (secondary N) is 1. The lowest BCUT2D eigenvalue weighted by atomic mass is 10.2. The number of ether oxygens (including phenoxy) is 1. The summed E-state index contributed by atoms with van der Waals surface area (Å²) in [5, 5.41) is 4.43. The van der Waals surface area contributed by atoms with Crippen LogP contribution < -0.4 is 15.8 Å². The summed E-state index contributed by atoms with van der Waals surface area (Å²) < 4.78 is 5.75. The number of aromatic nitrogens is 2. The molecule has 5 nitrogen and oxygen atoms in total. The number of hydrogen-bond donors (Lipinski definition) is 2. The van der Waals surface area contributed by atoms with E-state index in [0.29, 0.717) is 27.3 Å². The lowest BCUT2D eigenvalue weighted by Gasteiger charge is -2.12. The molecule has 0 aliphatic carbocycles. The molecular weight excluding hydrogens is 347 g/mol. The van der Waals surface area contributed by atoms with Gasteiger partial charge in [-0.2, -0.15) is 4.98 Å². The number of hydrogen-bond acceptors (Lipinski definition) is 5. The predicted molar refractivity (Wildman–Crippen MR) is 97.4 cm³/mol. The van der Waals surface area contributed by atoms with Gasteiger partial charge in [0.1, 0.15) is 17.8 Å². The summed E-state index contributed by atoms with van der Waals surface area (Å²) in [6.07, 6.45) is 1.38. The highest BCUT2D eigenvalue weighted by molar-refractivity contribution is 6.31. The molecule has 0 bridgehead atoms. The van der Waals surface area contributed by atoms with Crippen molar-refractivity contribution in [3.05, 3.63) is 64.4 Å². The third-order valence-electron chi connectivity index (χ3n) is 3.30. The first-order valence-corrected chi connectivity index (χ1v) is 7.85. The molecule has 0 radical (unpaired) electrons. The van der Waals surface area contributed by atoms with Gasteiger partial charge in [0.25, 0.3) is 0 Å². The van der Waals surface area contributed by atoms with Crippen molar-refractivity contribution in [2.45, 2.75) is 6.92 Å². The summed E-state index contributed by atoms with van der Waals surface area (Å²) in [5.74, 6) is 1.32. The summed E-state index contributed by atoms with van der Waals surface area (Å²) in [6, 6.07) is 12.5. The van der Waals surface area contributed by atoms with Crippen LogP contribution in [0.5, 0.6) is 11.6 Å². The third-order valence-corrected chi connectivity index (χ3v) is 3.97. The van der Waals surface area contributed by atoms with Crippen molar-refractivity contribution in [3.8, 4) is 11.6 Å². The monoisotopic (exact) mass is 360 g/mol. The molecule has 0 atom stereocenters. The second-order valence-electron chi connectivity index (χ2n) is 5.09. The average molecular weight is 361 g/mol. The number of anilines is 3. The molecule has 0 saturated heterocycles. The summed E-state index contributed by atoms with van der Waals surface area (Å²) in [5.41, 5.74) is 8.13. The molecule has 0 amide bonds. The fourth-order valence-corrected chi connectivity index (χ4v) is 2.27. The van der Waals surface area contributed by atoms with Crippen LogP contribution in [-0.4, -0.2) is 9.97 Å². The highest BCUT2D eigenvalue weighted by Gasteiger charge is 2.11. The minimum Gasteiger partial charge on any atom is -0.437 e. The Morgan fingerprint density at radius 2 is 1.79 bits per heavy atom. The molecular formula is C17H14Cl2N4O. The van der Waals surface area contributed by atoms with Gasteiger partial charge in [-0.3, -0.25) is 0 Å². The molecule has 0 aliphatic heterocycles. The van der Waals surface area contributed by atoms with Crippen LogP contribution in [-0.2, 0) is 0 Å². The van der Waals surface area contributed by atoms with E-state index in [1.165, 1.54) is 6.33 Å². The Bertz CT molecular complexity index is 869. The van der Waals surface area contributed by atoms with Crippen LogP contribution in [0.15, 0.2) is 48.8 Å². The van der Waals surface area contributed by atoms with Crippen molar-refractivity contribution in [3.63, 3.8) is 0 Å². The molecule has 0 unspecified atom stereocenters. The molecule has 1 aromatic heterocycles. The van der Waals surface area contributed by atoms with E-state index >= 15 is 0 Å². The highest BCUT2D eigenvalue weighted by Crippen LogP contribution is 2.32. The van der Waals surface area contributed by atoms with Crippen LogP contribution in [0, 0.1) is 6.92 Å². The number of aryl methyl sites for hydroxylation is 1. The number of nitrogen functional groups attached to an aromatic ring is 1. The zero-order valence-corrected chi connectivity index (χ0v) is 14.3. The Labute approximate surface area is 149 Å². The van der Waals surface area contributed by atoms with Crippen molar-refractivity contribution in [2.24, 2.45) is 0 Å². The summed E-state index contributed by atoms with van der Waals surface area (Å²) in [7, 11) is 0. The zero-order valence-electron chi connectivity index (χ0n) is 12.8. The van der Waals surface area contributed by atoms with E-state index in [1.54, 1.807) is 24.3 Å². The van der Waals surface area contributed by atoms with Gasteiger partial charge in [0, 0.05) is 15.7 Å². The number of nitrogens with two attached hydrogens (primary N) is 1. The lowest BCUT2D eigenvalue weighted by molar-refractivity contribution is 0.464. The van der Waals surface area contributed by atoms with Crippen LogP contribution in [0.25, 0.3) is 0 Å². The van der Waals surface area contributed by atoms with Gasteiger partial charge in [0.05, 0.1) is 0 Å². The van der Waals surface area contributed by atoms with E-state index in [0.717, 1.165) is 11.3 Å². The largest absolute Gasteiger partial charge is 0.437 e. The molecule has 1 heterocycles. The first-order valence-electron chi connectivity index (χ1n) is 7.10. The highest BCUT2D eigenvalue weighted by atomic mass is 35.5. The van der Waals surface area contributed by atoms with Gasteiger partial charge < -0.3 is 15.8 Å². The Morgan fingerprint density at radius 1 is 1.04 bits per heavy atom. The summed E-state index contributed by atoms with van der Waals surface area (Å²) >= 11 is 11.9. The van der Waals surface area contributed by atoms with Gasteiger partial charge in [0.15, 0.2) is 5.82 Å². The van der Waals surface area contributed by atoms with Gasteiger partial charge >= 0.3 is 0 Å². The smallest absolute Gasteiger partial charge is 0.248 e. The lowest BCUT2D eigenvalue weighted by Crippen LogP contribution is -2.03. The number of benzene rings is 2. The predicted octanol–water partition coefficient (Wildman–Crippen LogP) is 5.21. The molecule has 7 heteroatoms. The second kappa shape index (κ2) is 6.95. The topological polar surface area (TPSA) is 73.1 Å². The summed E-state index contributed by atoms with van der Waals surface area (Å²) in [4.78, 5) is 8.24. The van der Waals surface area contributed by atoms with E-state index in [-0.39, 0.29) is 5.88 Å². The van der Waals surface area contributed by atoms with E-state index in [1.807, 2.05) is 25.1 Å². The van der Waals surface area contributed by atoms with Gasteiger partial charge in [-0.15, -0.1) is 0 Å². The number of nitrogens with zero attached hydrogens (tertiary/aromatic N) is 2. The van der Waals surface area contributed by atoms with Gasteiger partial charge in [-0.1, -0.05) is 23.2 Å². The number of halogens is 2. The standard InChI is InChI=1S/C17H14Cl2N4O/c1-10-8-13(6-7-14(10)19)24-17-15(20)16(21-9-22-17)23-12-4-2-11(18)3-5-12/h2-9H,20H2,1H3,(H,21,22,23). The normalized spacial score (nSPS) is 10.5. The number of rotatable bonds is 4. The molecule has 0 spiro atoms. The van der Waals surface area contributed by atoms with Crippen molar-refractivity contribution in [2.75, 3.05) is 11.1 Å². The minimum atomic E-state index is 0.267. The Hall–Kier alpha value is -2.50. The van der Waals surface area contributed by atoms with Gasteiger partial charge in [0.2, 0.25) is 5.88 Å². The Kier molecular flexibility index (Phi) is 4.74. The third kappa shape index (κ3) is 3.69. The molecule has 122 valence electrons. The van der Waals surface area contributed by atoms with E-state index in [2.05, 4.69) is 15.3 Å². The van der Waals surface area contributed by atoms with Crippen LogP contribution >= 0.6 is 23.2 Å².